The first-order valence-corrected chi connectivity index (χ1v) is 7.53. The zero-order valence-corrected chi connectivity index (χ0v) is 12.8. The van der Waals surface area contributed by atoms with E-state index in [4.69, 9.17) is 16.4 Å². The molecule has 4 N–H and O–H groups in total. The standard InChI is InChI=1S/C16H19N7/c17-10-12-9-13(21-22-14(11-18)16(19)20)5-6-15(12)23-7-3-1-2-4-8-23/h5-6,9,21H,1-4,7-8H2,(H3,19,20)/b22-14+. The zero-order chi connectivity index (χ0) is 16.7. The SMILES string of the molecule is N#C/C(=N\Nc1ccc(N2CCCCCC2)c(C#N)c1)C(=N)N. The molecule has 0 aromatic heterocycles. The first-order chi connectivity index (χ1) is 11.2. The molecule has 0 saturated carbocycles. The number of benzene rings is 1. The molecule has 23 heavy (non-hydrogen) atoms. The van der Waals surface area contributed by atoms with Gasteiger partial charge in [0.2, 0.25) is 5.71 Å². The van der Waals surface area contributed by atoms with Gasteiger partial charge in [-0.1, -0.05) is 12.8 Å². The van der Waals surface area contributed by atoms with Crippen LogP contribution < -0.4 is 16.1 Å². The summed E-state index contributed by atoms with van der Waals surface area (Å²) in [5.74, 6) is -0.401. The molecule has 2 rings (SSSR count). The fourth-order valence-corrected chi connectivity index (χ4v) is 2.55. The van der Waals surface area contributed by atoms with Gasteiger partial charge in [0.05, 0.1) is 16.9 Å². The van der Waals surface area contributed by atoms with Gasteiger partial charge < -0.3 is 10.6 Å². The largest absolute Gasteiger partial charge is 0.382 e. The van der Waals surface area contributed by atoms with Crippen LogP contribution in [-0.4, -0.2) is 24.6 Å². The fraction of sp³-hybridized carbons (Fsp3) is 0.375. The van der Waals surface area contributed by atoms with Crippen molar-refractivity contribution in [1.82, 2.24) is 0 Å². The van der Waals surface area contributed by atoms with Gasteiger partial charge in [-0.05, 0) is 31.0 Å². The number of nitriles is 2. The van der Waals surface area contributed by atoms with Crippen LogP contribution in [0.4, 0.5) is 11.4 Å². The Kier molecular flexibility index (Phi) is 5.54. The van der Waals surface area contributed by atoms with Crippen molar-refractivity contribution in [3.05, 3.63) is 23.8 Å². The predicted molar refractivity (Wildman–Crippen MR) is 90.4 cm³/mol. The van der Waals surface area contributed by atoms with Crippen molar-refractivity contribution in [3.8, 4) is 12.1 Å². The molecule has 0 bridgehead atoms. The van der Waals surface area contributed by atoms with Crippen LogP contribution in [0.15, 0.2) is 23.3 Å². The number of hydrogen-bond acceptors (Lipinski definition) is 6. The molecule has 0 atom stereocenters. The second-order valence-electron chi connectivity index (χ2n) is 5.34. The molecule has 1 heterocycles. The lowest BCUT2D eigenvalue weighted by Crippen LogP contribution is -2.24. The van der Waals surface area contributed by atoms with Crippen molar-refractivity contribution in [2.75, 3.05) is 23.4 Å². The van der Waals surface area contributed by atoms with Crippen molar-refractivity contribution < 1.29 is 0 Å². The van der Waals surface area contributed by atoms with Crippen LogP contribution in [0.25, 0.3) is 0 Å². The summed E-state index contributed by atoms with van der Waals surface area (Å²) in [6, 6.07) is 9.34. The summed E-state index contributed by atoms with van der Waals surface area (Å²) >= 11 is 0. The quantitative estimate of drug-likeness (QED) is 0.446. The predicted octanol–water partition coefficient (Wildman–Crippen LogP) is 2.17. The summed E-state index contributed by atoms with van der Waals surface area (Å²) in [5.41, 5.74) is 9.78. The molecule has 0 radical (unpaired) electrons. The maximum Gasteiger partial charge on any atom is 0.201 e. The van der Waals surface area contributed by atoms with Crippen molar-refractivity contribution in [3.63, 3.8) is 0 Å². The van der Waals surface area contributed by atoms with Gasteiger partial charge in [0.25, 0.3) is 0 Å². The molecule has 0 amide bonds. The molecule has 1 aromatic carbocycles. The molecule has 7 nitrogen and oxygen atoms in total. The normalized spacial score (nSPS) is 15.2. The van der Waals surface area contributed by atoms with Crippen molar-refractivity contribution in [2.45, 2.75) is 25.7 Å². The van der Waals surface area contributed by atoms with Gasteiger partial charge in [-0.25, -0.2) is 0 Å². The van der Waals surface area contributed by atoms with E-state index in [0.717, 1.165) is 31.6 Å². The minimum Gasteiger partial charge on any atom is -0.382 e. The molecule has 0 unspecified atom stereocenters. The lowest BCUT2D eigenvalue weighted by Gasteiger charge is -2.24. The molecule has 7 heteroatoms. The van der Waals surface area contributed by atoms with Gasteiger partial charge in [0.1, 0.15) is 12.1 Å². The number of nitrogens with two attached hydrogens (primary N) is 1. The average Bonchev–Trinajstić information content (AvgIpc) is 2.84. The van der Waals surface area contributed by atoms with E-state index in [9.17, 15) is 5.26 Å². The van der Waals surface area contributed by atoms with E-state index >= 15 is 0 Å². The number of hydrazone groups is 1. The maximum absolute atomic E-state index is 9.41. The number of amidine groups is 1. The summed E-state index contributed by atoms with van der Waals surface area (Å²) in [5, 5.41) is 29.2. The highest BCUT2D eigenvalue weighted by Crippen LogP contribution is 2.26. The lowest BCUT2D eigenvalue weighted by molar-refractivity contribution is 0.726. The minimum atomic E-state index is -0.401. The monoisotopic (exact) mass is 309 g/mol. The van der Waals surface area contributed by atoms with Crippen LogP contribution in [0, 0.1) is 28.1 Å². The van der Waals surface area contributed by atoms with E-state index in [1.807, 2.05) is 6.07 Å². The molecule has 0 aliphatic carbocycles. The summed E-state index contributed by atoms with van der Waals surface area (Å²) in [4.78, 5) is 2.24. The third-order valence-electron chi connectivity index (χ3n) is 3.72. The Balaban J connectivity index is 2.21. The highest BCUT2D eigenvalue weighted by atomic mass is 15.3. The molecule has 1 fully saturated rings. The van der Waals surface area contributed by atoms with Crippen LogP contribution in [-0.2, 0) is 0 Å². The molecule has 118 valence electrons. The number of anilines is 2. The second-order valence-corrected chi connectivity index (χ2v) is 5.34. The molecule has 0 spiro atoms. The number of nitrogens with zero attached hydrogens (tertiary/aromatic N) is 4. The molecular formula is C16H19N7. The Morgan fingerprint density at radius 2 is 1.91 bits per heavy atom. The number of hydrogen-bond donors (Lipinski definition) is 3. The van der Waals surface area contributed by atoms with E-state index in [1.54, 1.807) is 18.2 Å². The van der Waals surface area contributed by atoms with E-state index in [0.29, 0.717) is 11.3 Å². The summed E-state index contributed by atoms with van der Waals surface area (Å²) in [7, 11) is 0. The molecule has 1 aromatic rings. The van der Waals surface area contributed by atoms with Crippen LogP contribution in [0.2, 0.25) is 0 Å². The molecule has 1 saturated heterocycles. The maximum atomic E-state index is 9.41. The van der Waals surface area contributed by atoms with Gasteiger partial charge in [0.15, 0.2) is 5.84 Å². The Morgan fingerprint density at radius 3 is 2.48 bits per heavy atom. The summed E-state index contributed by atoms with van der Waals surface area (Å²) < 4.78 is 0. The van der Waals surface area contributed by atoms with Crippen molar-refractivity contribution >= 4 is 22.9 Å². The Labute approximate surface area is 135 Å². The molecular weight excluding hydrogens is 290 g/mol. The first-order valence-electron chi connectivity index (χ1n) is 7.53. The second kappa shape index (κ2) is 7.81. The topological polar surface area (TPSA) is 125 Å². The Hall–Kier alpha value is -3.06. The third-order valence-corrected chi connectivity index (χ3v) is 3.72. The van der Waals surface area contributed by atoms with E-state index in [1.165, 1.54) is 12.8 Å². The smallest absolute Gasteiger partial charge is 0.201 e. The van der Waals surface area contributed by atoms with E-state index < -0.39 is 5.84 Å². The Morgan fingerprint density at radius 1 is 1.22 bits per heavy atom. The van der Waals surface area contributed by atoms with Crippen molar-refractivity contribution in [1.29, 1.82) is 15.9 Å². The third kappa shape index (κ3) is 4.21. The van der Waals surface area contributed by atoms with Gasteiger partial charge in [0, 0.05) is 13.1 Å². The average molecular weight is 309 g/mol. The summed E-state index contributed by atoms with van der Waals surface area (Å²) in [6.07, 6.45) is 4.74. The van der Waals surface area contributed by atoms with Crippen LogP contribution in [0.5, 0.6) is 0 Å². The lowest BCUT2D eigenvalue weighted by atomic mass is 10.1. The van der Waals surface area contributed by atoms with Crippen LogP contribution >= 0.6 is 0 Å². The minimum absolute atomic E-state index is 0.194. The highest BCUT2D eigenvalue weighted by molar-refractivity contribution is 6.45. The number of nitrogens with one attached hydrogen (secondary N) is 2. The van der Waals surface area contributed by atoms with Crippen molar-refractivity contribution in [2.24, 2.45) is 10.8 Å². The van der Waals surface area contributed by atoms with Crippen LogP contribution in [0.1, 0.15) is 31.2 Å². The first kappa shape index (κ1) is 16.3. The van der Waals surface area contributed by atoms with Crippen LogP contribution in [0.3, 0.4) is 0 Å². The highest BCUT2D eigenvalue weighted by Gasteiger charge is 2.14. The Bertz CT molecular complexity index is 685. The van der Waals surface area contributed by atoms with E-state index in [2.05, 4.69) is 21.5 Å². The van der Waals surface area contributed by atoms with Gasteiger partial charge in [-0.15, -0.1) is 0 Å². The molecule has 1 aliphatic rings. The van der Waals surface area contributed by atoms with Gasteiger partial charge in [-0.2, -0.15) is 15.6 Å². The van der Waals surface area contributed by atoms with E-state index in [-0.39, 0.29) is 5.71 Å². The van der Waals surface area contributed by atoms with Gasteiger partial charge >= 0.3 is 0 Å². The number of rotatable bonds is 4. The van der Waals surface area contributed by atoms with Gasteiger partial charge in [-0.3, -0.25) is 10.8 Å². The fourth-order valence-electron chi connectivity index (χ4n) is 2.55. The zero-order valence-electron chi connectivity index (χ0n) is 12.8. The molecule has 1 aliphatic heterocycles. The summed E-state index contributed by atoms with van der Waals surface area (Å²) in [6.45, 7) is 1.92.